The van der Waals surface area contributed by atoms with E-state index in [2.05, 4.69) is 0 Å². The quantitative estimate of drug-likeness (QED) is 0.724. The number of carbonyl (C=O) groups is 1. The van der Waals surface area contributed by atoms with Gasteiger partial charge in [-0.05, 0) is 27.7 Å². The van der Waals surface area contributed by atoms with Gasteiger partial charge in [0.15, 0.2) is 0 Å². The highest BCUT2D eigenvalue weighted by Crippen LogP contribution is 2.55. The number of carboxylic acid groups (broad SMARTS) is 1. The zero-order chi connectivity index (χ0) is 12.2. The van der Waals surface area contributed by atoms with Gasteiger partial charge in [-0.2, -0.15) is 0 Å². The van der Waals surface area contributed by atoms with E-state index in [1.807, 2.05) is 0 Å². The molecule has 0 saturated heterocycles. The molecule has 0 aromatic rings. The topological polar surface area (TPSA) is 72.8 Å². The van der Waals surface area contributed by atoms with Crippen LogP contribution in [0.15, 0.2) is 0 Å². The summed E-state index contributed by atoms with van der Waals surface area (Å²) >= 11 is 0. The summed E-state index contributed by atoms with van der Waals surface area (Å²) in [7, 11) is -4.24. The number of carboxylic acids is 1. The van der Waals surface area contributed by atoms with E-state index < -0.39 is 31.7 Å². The third kappa shape index (κ3) is 4.73. The van der Waals surface area contributed by atoms with E-state index in [1.165, 1.54) is 27.7 Å². The van der Waals surface area contributed by atoms with Crippen LogP contribution in [-0.4, -0.2) is 29.2 Å². The Morgan fingerprint density at radius 2 is 1.53 bits per heavy atom. The lowest BCUT2D eigenvalue weighted by molar-refractivity contribution is -0.140. The first kappa shape index (κ1) is 14.6. The normalized spacial score (nSPS) is 14.6. The van der Waals surface area contributed by atoms with Gasteiger partial charge in [-0.1, -0.05) is 0 Å². The summed E-state index contributed by atoms with van der Waals surface area (Å²) in [6.45, 7) is 6.08. The van der Waals surface area contributed by atoms with Crippen molar-refractivity contribution < 1.29 is 27.9 Å². The van der Waals surface area contributed by atoms with Crippen LogP contribution in [0.4, 0.5) is 4.39 Å². The Kier molecular flexibility index (Phi) is 5.42. The van der Waals surface area contributed by atoms with E-state index in [9.17, 15) is 13.8 Å². The van der Waals surface area contributed by atoms with Crippen molar-refractivity contribution in [1.82, 2.24) is 0 Å². The third-order valence-electron chi connectivity index (χ3n) is 1.20. The summed E-state index contributed by atoms with van der Waals surface area (Å²) in [6, 6.07) is 0. The van der Waals surface area contributed by atoms with Crippen LogP contribution in [-0.2, 0) is 18.4 Å². The van der Waals surface area contributed by atoms with Gasteiger partial charge in [0.2, 0.25) is 0 Å². The predicted octanol–water partition coefficient (Wildman–Crippen LogP) is 2.41. The summed E-state index contributed by atoms with van der Waals surface area (Å²) in [5, 5.41) is 8.44. The molecule has 0 aliphatic carbocycles. The second-order valence-corrected chi connectivity index (χ2v) is 5.48. The molecule has 0 aromatic carbocycles. The lowest BCUT2D eigenvalue weighted by Gasteiger charge is -2.23. The Balaban J connectivity index is 4.85. The fraction of sp³-hybridized carbons (Fsp3) is 0.875. The van der Waals surface area contributed by atoms with E-state index in [1.54, 1.807) is 0 Å². The van der Waals surface area contributed by atoms with Crippen molar-refractivity contribution in [3.63, 3.8) is 0 Å². The van der Waals surface area contributed by atoms with Gasteiger partial charge < -0.3 is 14.2 Å². The van der Waals surface area contributed by atoms with Crippen molar-refractivity contribution in [3.8, 4) is 0 Å². The first-order chi connectivity index (χ1) is 6.69. The molecule has 90 valence electrons. The Morgan fingerprint density at radius 3 is 1.73 bits per heavy atom. The van der Waals surface area contributed by atoms with E-state index in [0.717, 1.165) is 0 Å². The number of hydrogen-bond donors (Lipinski definition) is 1. The van der Waals surface area contributed by atoms with Gasteiger partial charge in [-0.25, -0.2) is 9.18 Å². The largest absolute Gasteiger partial charge is 0.479 e. The molecule has 0 aromatic heterocycles. The van der Waals surface area contributed by atoms with Gasteiger partial charge in [-0.15, -0.1) is 0 Å². The van der Waals surface area contributed by atoms with E-state index in [4.69, 9.17) is 14.2 Å². The number of rotatable bonds is 6. The summed E-state index contributed by atoms with van der Waals surface area (Å²) in [4.78, 5) is 10.4. The van der Waals surface area contributed by atoms with Gasteiger partial charge in [0.05, 0.1) is 12.2 Å². The van der Waals surface area contributed by atoms with Gasteiger partial charge in [-0.3, -0.25) is 4.57 Å². The van der Waals surface area contributed by atoms with Crippen molar-refractivity contribution in [3.05, 3.63) is 0 Å². The van der Waals surface area contributed by atoms with Crippen molar-refractivity contribution in [1.29, 1.82) is 0 Å². The Bertz CT molecular complexity index is 252. The molecule has 7 heteroatoms. The second kappa shape index (κ2) is 5.58. The van der Waals surface area contributed by atoms with Crippen molar-refractivity contribution in [2.75, 3.05) is 0 Å². The minimum atomic E-state index is -4.24. The van der Waals surface area contributed by atoms with Gasteiger partial charge in [0, 0.05) is 0 Å². The SMILES string of the molecule is CC(C)OP(=O)(OC(C)C)C(F)C(=O)O. The highest BCUT2D eigenvalue weighted by Gasteiger charge is 2.43. The standard InChI is InChI=1S/C8H16FO5P/c1-5(2)13-15(12,14-6(3)4)7(9)8(10)11/h5-7H,1-4H3,(H,10,11). The van der Waals surface area contributed by atoms with Crippen LogP contribution < -0.4 is 0 Å². The molecular formula is C8H16FO5P. The minimum absolute atomic E-state index is 0.577. The predicted molar refractivity (Wildman–Crippen MR) is 52.6 cm³/mol. The molecular weight excluding hydrogens is 226 g/mol. The average molecular weight is 242 g/mol. The zero-order valence-electron chi connectivity index (χ0n) is 9.14. The average Bonchev–Trinajstić information content (AvgIpc) is 1.99. The van der Waals surface area contributed by atoms with Crippen LogP contribution in [0.1, 0.15) is 27.7 Å². The Labute approximate surface area is 88.1 Å². The molecule has 15 heavy (non-hydrogen) atoms. The van der Waals surface area contributed by atoms with Crippen molar-refractivity contribution >= 4 is 13.6 Å². The molecule has 0 saturated carbocycles. The van der Waals surface area contributed by atoms with Gasteiger partial charge in [0.25, 0.3) is 5.91 Å². The van der Waals surface area contributed by atoms with E-state index >= 15 is 0 Å². The summed E-state index contributed by atoms with van der Waals surface area (Å²) < 4.78 is 34.5. The van der Waals surface area contributed by atoms with Crippen LogP contribution >= 0.6 is 7.60 Å². The molecule has 1 atom stereocenters. The molecule has 0 aliphatic rings. The summed E-state index contributed by atoms with van der Waals surface area (Å²) in [5.41, 5.74) is 0. The number of aliphatic carboxylic acids is 1. The first-order valence-electron chi connectivity index (χ1n) is 4.52. The summed E-state index contributed by atoms with van der Waals surface area (Å²) in [6.07, 6.45) is -1.15. The molecule has 0 heterocycles. The maximum absolute atomic E-state index is 13.2. The Hall–Kier alpha value is -0.450. The molecule has 1 unspecified atom stereocenters. The van der Waals surface area contributed by atoms with Crippen LogP contribution in [0.25, 0.3) is 0 Å². The van der Waals surface area contributed by atoms with Crippen LogP contribution in [0.3, 0.4) is 0 Å². The zero-order valence-corrected chi connectivity index (χ0v) is 10.0. The number of hydrogen-bond acceptors (Lipinski definition) is 4. The fourth-order valence-corrected chi connectivity index (χ4v) is 2.56. The van der Waals surface area contributed by atoms with Crippen molar-refractivity contribution in [2.24, 2.45) is 0 Å². The van der Waals surface area contributed by atoms with Crippen LogP contribution in [0.2, 0.25) is 0 Å². The van der Waals surface area contributed by atoms with Gasteiger partial charge in [0.1, 0.15) is 0 Å². The molecule has 0 bridgehead atoms. The molecule has 5 nitrogen and oxygen atoms in total. The molecule has 0 aliphatic heterocycles. The van der Waals surface area contributed by atoms with Crippen LogP contribution in [0.5, 0.6) is 0 Å². The van der Waals surface area contributed by atoms with Crippen LogP contribution in [0, 0.1) is 0 Å². The smallest absolute Gasteiger partial charge is 0.376 e. The summed E-state index contributed by atoms with van der Waals surface area (Å²) in [5.74, 6) is -4.50. The maximum Gasteiger partial charge on any atom is 0.376 e. The highest BCUT2D eigenvalue weighted by atomic mass is 31.2. The number of halogens is 1. The minimum Gasteiger partial charge on any atom is -0.479 e. The van der Waals surface area contributed by atoms with Crippen molar-refractivity contribution in [2.45, 2.75) is 45.8 Å². The van der Waals surface area contributed by atoms with E-state index in [0.29, 0.717) is 0 Å². The molecule has 0 fully saturated rings. The second-order valence-electron chi connectivity index (χ2n) is 3.52. The molecule has 0 spiro atoms. The van der Waals surface area contributed by atoms with E-state index in [-0.39, 0.29) is 0 Å². The lowest BCUT2D eigenvalue weighted by Crippen LogP contribution is -2.21. The Morgan fingerprint density at radius 1 is 1.20 bits per heavy atom. The maximum atomic E-state index is 13.2. The third-order valence-corrected chi connectivity index (χ3v) is 3.40. The molecule has 0 radical (unpaired) electrons. The van der Waals surface area contributed by atoms with Gasteiger partial charge >= 0.3 is 13.6 Å². The molecule has 0 rings (SSSR count). The first-order valence-corrected chi connectivity index (χ1v) is 6.13. The highest BCUT2D eigenvalue weighted by molar-refractivity contribution is 7.55. The monoisotopic (exact) mass is 242 g/mol. The number of alkyl halides is 1. The lowest BCUT2D eigenvalue weighted by atomic mass is 10.5. The molecule has 0 amide bonds. The molecule has 1 N–H and O–H groups in total. The fourth-order valence-electron chi connectivity index (χ4n) is 0.855.